The molecule has 6 rings (SSSR count). The number of phenolic OH excluding ortho intramolecular Hbond substituents is 1. The number of benzene rings is 4. The molecule has 1 aliphatic carbocycles. The van der Waals surface area contributed by atoms with Gasteiger partial charge in [-0.2, -0.15) is 10.2 Å². The molecule has 2 atom stereocenters. The number of carbonyl (C=O) groups is 2. The monoisotopic (exact) mass is 713 g/mol. The molecule has 0 spiro atoms. The van der Waals surface area contributed by atoms with Gasteiger partial charge in [0, 0.05) is 25.1 Å². The Morgan fingerprint density at radius 3 is 1.89 bits per heavy atom. The molecule has 0 saturated carbocycles. The Hall–Kier alpha value is -6.96. The van der Waals surface area contributed by atoms with E-state index in [2.05, 4.69) is 36.0 Å². The van der Waals surface area contributed by atoms with Gasteiger partial charge < -0.3 is 29.4 Å². The maximum atomic E-state index is 12.9. The number of anilines is 1. The average molecular weight is 714 g/mol. The van der Waals surface area contributed by atoms with Crippen molar-refractivity contribution in [3.8, 4) is 23.0 Å². The molecule has 268 valence electrons. The summed E-state index contributed by atoms with van der Waals surface area (Å²) in [6.45, 7) is 3.36. The third-order valence-corrected chi connectivity index (χ3v) is 8.14. The fourth-order valence-corrected chi connectivity index (χ4v) is 5.41. The first-order valence-corrected chi connectivity index (χ1v) is 16.3. The molecule has 1 amide bonds. The highest BCUT2D eigenvalue weighted by molar-refractivity contribution is 5.93. The Bertz CT molecular complexity index is 2220. The summed E-state index contributed by atoms with van der Waals surface area (Å²) in [4.78, 5) is 25.1. The number of ether oxygens (including phenoxy) is 4. The zero-order valence-corrected chi connectivity index (χ0v) is 29.5. The summed E-state index contributed by atoms with van der Waals surface area (Å²) in [7, 11) is 4.43. The molecular weight excluding hydrogens is 678 g/mol. The molecule has 0 aromatic heterocycles. The first kappa shape index (κ1) is 35.9. The van der Waals surface area contributed by atoms with Gasteiger partial charge in [0.1, 0.15) is 57.8 Å². The first-order chi connectivity index (χ1) is 25.6. The van der Waals surface area contributed by atoms with Crippen LogP contribution in [0.3, 0.4) is 0 Å². The van der Waals surface area contributed by atoms with E-state index < -0.39 is 12.0 Å². The van der Waals surface area contributed by atoms with Crippen LogP contribution in [0.25, 0.3) is 0 Å². The topological polar surface area (TPSA) is 177 Å². The molecule has 1 heterocycles. The van der Waals surface area contributed by atoms with Crippen LogP contribution in [0.4, 0.5) is 34.1 Å². The van der Waals surface area contributed by atoms with Crippen LogP contribution in [-0.4, -0.2) is 44.4 Å². The third-order valence-electron chi connectivity index (χ3n) is 8.14. The summed E-state index contributed by atoms with van der Waals surface area (Å²) < 4.78 is 22.4. The van der Waals surface area contributed by atoms with E-state index in [0.717, 1.165) is 16.7 Å². The van der Waals surface area contributed by atoms with Gasteiger partial charge in [-0.25, -0.2) is 0 Å². The minimum Gasteiger partial charge on any atom is -0.508 e. The number of nitrogens with one attached hydrogen (secondary N) is 1. The lowest BCUT2D eigenvalue weighted by atomic mass is 9.90. The number of hydrogen-bond donors (Lipinski definition) is 2. The highest BCUT2D eigenvalue weighted by Gasteiger charge is 2.31. The van der Waals surface area contributed by atoms with Gasteiger partial charge in [0.2, 0.25) is 5.91 Å². The van der Waals surface area contributed by atoms with Gasteiger partial charge in [0.25, 0.3) is 0 Å². The molecule has 1 aliphatic heterocycles. The van der Waals surface area contributed by atoms with Crippen LogP contribution < -0.4 is 19.5 Å². The minimum atomic E-state index is -0.609. The van der Waals surface area contributed by atoms with E-state index in [1.54, 1.807) is 48.6 Å². The highest BCUT2D eigenvalue weighted by atomic mass is 16.5. The number of methoxy groups -OCH3 is 3. The second kappa shape index (κ2) is 15.9. The summed E-state index contributed by atoms with van der Waals surface area (Å²) in [5, 5.41) is 38.3. The lowest BCUT2D eigenvalue weighted by Gasteiger charge is -2.27. The van der Waals surface area contributed by atoms with Crippen LogP contribution in [0.1, 0.15) is 24.0 Å². The number of fused-ring (bicyclic) bond motifs is 1. The van der Waals surface area contributed by atoms with Crippen LogP contribution in [0.2, 0.25) is 0 Å². The van der Waals surface area contributed by atoms with Gasteiger partial charge in [0.05, 0.1) is 38.4 Å². The van der Waals surface area contributed by atoms with Gasteiger partial charge >= 0.3 is 5.97 Å². The molecule has 0 saturated heterocycles. The zero-order valence-electron chi connectivity index (χ0n) is 29.5. The summed E-state index contributed by atoms with van der Waals surface area (Å²) in [5.74, 6) is -0.0939. The largest absolute Gasteiger partial charge is 0.508 e. The first-order valence-electron chi connectivity index (χ1n) is 16.3. The standard InChI is InChI=1S/C39H35N7O7/c1-22-6-8-24(9-7-22)29-16-25-10-11-27(17-35(25)53-39(29)49)42-43-31-19-36(50-3)32(18-30(31)40-23(2)47)45-46-34-21-37(51-4)33(20-38(34)52-5)44-41-26-12-14-28(48)15-13-26/h6-21,29,35,48H,1-5H3,(H,40,47). The van der Waals surface area contributed by atoms with Crippen molar-refractivity contribution in [2.75, 3.05) is 26.6 Å². The number of amides is 1. The Morgan fingerprint density at radius 2 is 1.28 bits per heavy atom. The summed E-state index contributed by atoms with van der Waals surface area (Å²) in [6.07, 6.45) is 6.62. The van der Waals surface area contributed by atoms with Gasteiger partial charge in [-0.05, 0) is 60.5 Å². The quantitative estimate of drug-likeness (QED) is 0.115. The number of allylic oxidation sites excluding steroid dienone is 1. The summed E-state index contributed by atoms with van der Waals surface area (Å²) in [6, 6.07) is 20.4. The number of aromatic hydroxyl groups is 1. The number of esters is 1. The van der Waals surface area contributed by atoms with Crippen molar-refractivity contribution >= 4 is 46.0 Å². The predicted molar refractivity (Wildman–Crippen MR) is 197 cm³/mol. The minimum absolute atomic E-state index is 0.116. The van der Waals surface area contributed by atoms with Crippen LogP contribution >= 0.6 is 0 Å². The Balaban J connectivity index is 1.25. The van der Waals surface area contributed by atoms with E-state index in [9.17, 15) is 14.7 Å². The van der Waals surface area contributed by atoms with Crippen LogP contribution in [0.5, 0.6) is 23.0 Å². The molecular formula is C39H35N7O7. The van der Waals surface area contributed by atoms with Crippen molar-refractivity contribution in [1.82, 2.24) is 0 Å². The number of azo groups is 3. The lowest BCUT2D eigenvalue weighted by molar-refractivity contribution is -0.147. The van der Waals surface area contributed by atoms with E-state index in [4.69, 9.17) is 18.9 Å². The molecule has 2 unspecified atom stereocenters. The zero-order chi connectivity index (χ0) is 37.5. The number of nitrogens with zero attached hydrogens (tertiary/aromatic N) is 6. The SMILES string of the molecule is COc1cc(N=Nc2cc(NC(C)=O)c(N=NC3=CC4OC(=O)C(c5ccc(C)cc5)C=C4C=C3)cc2OC)c(OC)cc1N=Nc1ccc(O)cc1. The lowest BCUT2D eigenvalue weighted by Crippen LogP contribution is -2.29. The summed E-state index contributed by atoms with van der Waals surface area (Å²) >= 11 is 0. The van der Waals surface area contributed by atoms with Crippen molar-refractivity contribution in [1.29, 1.82) is 0 Å². The molecule has 14 nitrogen and oxygen atoms in total. The molecule has 0 bridgehead atoms. The number of phenols is 1. The maximum absolute atomic E-state index is 12.9. The van der Waals surface area contributed by atoms with E-state index in [1.165, 1.54) is 40.4 Å². The van der Waals surface area contributed by atoms with Crippen LogP contribution in [-0.2, 0) is 14.3 Å². The molecule has 4 aromatic carbocycles. The van der Waals surface area contributed by atoms with Crippen LogP contribution in [0, 0.1) is 6.92 Å². The summed E-state index contributed by atoms with van der Waals surface area (Å²) in [5.41, 5.74) is 5.34. The van der Waals surface area contributed by atoms with Crippen LogP contribution in [0.15, 0.2) is 139 Å². The highest BCUT2D eigenvalue weighted by Crippen LogP contribution is 2.43. The van der Waals surface area contributed by atoms with Crippen molar-refractivity contribution in [2.45, 2.75) is 25.9 Å². The normalized spacial score (nSPS) is 16.7. The number of aryl methyl sites for hydroxylation is 1. The fourth-order valence-electron chi connectivity index (χ4n) is 5.41. The Labute approximate surface area is 304 Å². The number of carbonyl (C=O) groups excluding carboxylic acids is 2. The van der Waals surface area contributed by atoms with E-state index >= 15 is 0 Å². The second-order valence-corrected chi connectivity index (χ2v) is 11.9. The molecule has 4 aromatic rings. The van der Waals surface area contributed by atoms with E-state index in [-0.39, 0.29) is 29.0 Å². The second-order valence-electron chi connectivity index (χ2n) is 11.9. The Kier molecular flexibility index (Phi) is 10.8. The molecule has 2 aliphatic rings. The molecule has 0 radical (unpaired) electrons. The van der Waals surface area contributed by atoms with Crippen molar-refractivity contribution in [2.24, 2.45) is 30.7 Å². The van der Waals surface area contributed by atoms with Gasteiger partial charge in [-0.3, -0.25) is 9.59 Å². The van der Waals surface area contributed by atoms with Gasteiger partial charge in [-0.15, -0.1) is 20.5 Å². The maximum Gasteiger partial charge on any atom is 0.318 e. The predicted octanol–water partition coefficient (Wildman–Crippen LogP) is 9.69. The molecule has 14 heteroatoms. The Morgan fingerprint density at radius 1 is 0.717 bits per heavy atom. The van der Waals surface area contributed by atoms with E-state index in [1.807, 2.05) is 43.3 Å². The smallest absolute Gasteiger partial charge is 0.318 e. The molecule has 2 N–H and O–H groups in total. The third kappa shape index (κ3) is 8.51. The van der Waals surface area contributed by atoms with Crippen molar-refractivity contribution < 1.29 is 33.6 Å². The van der Waals surface area contributed by atoms with Crippen molar-refractivity contribution in [3.63, 3.8) is 0 Å². The average Bonchev–Trinajstić information content (AvgIpc) is 3.16. The van der Waals surface area contributed by atoms with Crippen molar-refractivity contribution in [3.05, 3.63) is 119 Å². The molecule has 0 fully saturated rings. The van der Waals surface area contributed by atoms with Gasteiger partial charge in [0.15, 0.2) is 0 Å². The van der Waals surface area contributed by atoms with E-state index in [0.29, 0.717) is 45.7 Å². The number of rotatable bonds is 11. The molecule has 53 heavy (non-hydrogen) atoms. The van der Waals surface area contributed by atoms with Gasteiger partial charge in [-0.1, -0.05) is 42.0 Å². The fraction of sp³-hybridized carbons (Fsp3) is 0.179. The number of hydrogen-bond acceptors (Lipinski definition) is 13.